The van der Waals surface area contributed by atoms with Gasteiger partial charge in [-0.25, -0.2) is 0 Å². The van der Waals surface area contributed by atoms with E-state index in [0.29, 0.717) is 17.0 Å². The van der Waals surface area contributed by atoms with Gasteiger partial charge in [0, 0.05) is 24.4 Å². The third kappa shape index (κ3) is 4.34. The van der Waals surface area contributed by atoms with E-state index < -0.39 is 0 Å². The molecule has 2 atom stereocenters. The highest BCUT2D eigenvalue weighted by Gasteiger charge is 2.23. The Hall–Kier alpha value is -0.220. The van der Waals surface area contributed by atoms with Crippen LogP contribution in [-0.2, 0) is 4.79 Å². The van der Waals surface area contributed by atoms with Crippen LogP contribution in [0.2, 0.25) is 0 Å². The van der Waals surface area contributed by atoms with Crippen LogP contribution >= 0.6 is 11.8 Å². The number of piperidine rings is 1. The van der Waals surface area contributed by atoms with Crippen molar-refractivity contribution in [2.45, 2.75) is 50.8 Å². The van der Waals surface area contributed by atoms with Gasteiger partial charge >= 0.3 is 0 Å². The van der Waals surface area contributed by atoms with Gasteiger partial charge in [0.2, 0.25) is 5.91 Å². The van der Waals surface area contributed by atoms with Gasteiger partial charge in [-0.15, -0.1) is 11.8 Å². The number of amides is 1. The molecule has 0 radical (unpaired) electrons. The summed E-state index contributed by atoms with van der Waals surface area (Å²) in [7, 11) is 0. The molecule has 1 amide bonds. The van der Waals surface area contributed by atoms with Gasteiger partial charge in [-0.2, -0.15) is 0 Å². The van der Waals surface area contributed by atoms with Crippen molar-refractivity contribution >= 4 is 17.7 Å². The molecular weight excluding hydrogens is 222 g/mol. The van der Waals surface area contributed by atoms with Crippen molar-refractivity contribution in [1.29, 1.82) is 0 Å². The maximum absolute atomic E-state index is 12.0. The van der Waals surface area contributed by atoms with Crippen LogP contribution < -0.4 is 0 Å². The van der Waals surface area contributed by atoms with Crippen molar-refractivity contribution < 1.29 is 9.90 Å². The van der Waals surface area contributed by atoms with Gasteiger partial charge in [-0.05, 0) is 32.6 Å². The van der Waals surface area contributed by atoms with Crippen LogP contribution in [0.4, 0.5) is 0 Å². The molecule has 0 aromatic rings. The summed E-state index contributed by atoms with van der Waals surface area (Å²) in [6.07, 6.45) is 4.31. The predicted octanol–water partition coefficient (Wildman–Crippen LogP) is 1.89. The van der Waals surface area contributed by atoms with E-state index in [0.717, 1.165) is 25.8 Å². The van der Waals surface area contributed by atoms with Crippen molar-refractivity contribution in [3.8, 4) is 0 Å². The Morgan fingerprint density at radius 2 is 2.31 bits per heavy atom. The predicted molar refractivity (Wildman–Crippen MR) is 68.6 cm³/mol. The molecule has 1 rings (SSSR count). The molecule has 2 unspecified atom stereocenters. The summed E-state index contributed by atoms with van der Waals surface area (Å²) in [5, 5.41) is 9.15. The fourth-order valence-corrected chi connectivity index (χ4v) is 2.90. The van der Waals surface area contributed by atoms with Crippen molar-refractivity contribution in [1.82, 2.24) is 4.90 Å². The number of hydrogen-bond donors (Lipinski definition) is 1. The van der Waals surface area contributed by atoms with E-state index in [4.69, 9.17) is 5.11 Å². The number of carbonyl (C=O) groups excluding carboxylic acids is 1. The van der Waals surface area contributed by atoms with E-state index >= 15 is 0 Å². The summed E-state index contributed by atoms with van der Waals surface area (Å²) < 4.78 is 0. The van der Waals surface area contributed by atoms with Crippen molar-refractivity contribution in [3.63, 3.8) is 0 Å². The number of rotatable bonds is 5. The summed E-state index contributed by atoms with van der Waals surface area (Å²) in [6.45, 7) is 5.34. The standard InChI is InChI=1S/C12H23NO2S/c1-10-5-3-4-7-13(10)12(15)9-16-11(2)6-8-14/h10-11,14H,3-9H2,1-2H3. The molecule has 1 N–H and O–H groups in total. The van der Waals surface area contributed by atoms with E-state index in [2.05, 4.69) is 13.8 Å². The number of hydrogen-bond acceptors (Lipinski definition) is 3. The first-order chi connectivity index (χ1) is 7.65. The number of aliphatic hydroxyl groups is 1. The second-order valence-corrected chi connectivity index (χ2v) is 5.99. The summed E-state index contributed by atoms with van der Waals surface area (Å²) in [5.74, 6) is 0.827. The van der Waals surface area contributed by atoms with Crippen LogP contribution in [-0.4, -0.2) is 46.1 Å². The second kappa shape index (κ2) is 7.17. The first-order valence-corrected chi connectivity index (χ1v) is 7.22. The van der Waals surface area contributed by atoms with Gasteiger partial charge in [0.25, 0.3) is 0 Å². The SMILES string of the molecule is CC(CCO)SCC(=O)N1CCCCC1C. The van der Waals surface area contributed by atoms with Gasteiger partial charge in [0.05, 0.1) is 5.75 Å². The summed E-state index contributed by atoms with van der Waals surface area (Å²) in [5.41, 5.74) is 0. The normalized spacial score (nSPS) is 23.2. The molecule has 1 fully saturated rings. The molecule has 3 nitrogen and oxygen atoms in total. The molecule has 94 valence electrons. The zero-order valence-corrected chi connectivity index (χ0v) is 11.1. The van der Waals surface area contributed by atoms with E-state index in [1.165, 1.54) is 6.42 Å². The molecule has 0 spiro atoms. The lowest BCUT2D eigenvalue weighted by molar-refractivity contribution is -0.131. The summed E-state index contributed by atoms with van der Waals surface area (Å²) in [6, 6.07) is 0.412. The first-order valence-electron chi connectivity index (χ1n) is 6.17. The molecule has 4 heteroatoms. The van der Waals surface area contributed by atoms with Crippen molar-refractivity contribution in [2.75, 3.05) is 18.9 Å². The average Bonchev–Trinajstić information content (AvgIpc) is 2.27. The molecule has 16 heavy (non-hydrogen) atoms. The monoisotopic (exact) mass is 245 g/mol. The maximum Gasteiger partial charge on any atom is 0.232 e. The van der Waals surface area contributed by atoms with Gasteiger partial charge in [-0.1, -0.05) is 6.92 Å². The highest BCUT2D eigenvalue weighted by Crippen LogP contribution is 2.19. The van der Waals surface area contributed by atoms with Crippen molar-refractivity contribution in [2.24, 2.45) is 0 Å². The molecular formula is C12H23NO2S. The lowest BCUT2D eigenvalue weighted by atomic mass is 10.0. The largest absolute Gasteiger partial charge is 0.396 e. The third-order valence-electron chi connectivity index (χ3n) is 3.15. The maximum atomic E-state index is 12.0. The molecule has 0 aromatic heterocycles. The summed E-state index contributed by atoms with van der Waals surface area (Å²) >= 11 is 1.65. The number of aliphatic hydroxyl groups excluding tert-OH is 1. The van der Waals surface area contributed by atoms with E-state index in [9.17, 15) is 4.79 Å². The Morgan fingerprint density at radius 3 is 2.94 bits per heavy atom. The zero-order chi connectivity index (χ0) is 12.0. The quantitative estimate of drug-likeness (QED) is 0.804. The van der Waals surface area contributed by atoms with Crippen LogP contribution in [0.5, 0.6) is 0 Å². The highest BCUT2D eigenvalue weighted by atomic mass is 32.2. The zero-order valence-electron chi connectivity index (χ0n) is 10.3. The lowest BCUT2D eigenvalue weighted by Gasteiger charge is -2.33. The number of thioether (sulfide) groups is 1. The average molecular weight is 245 g/mol. The smallest absolute Gasteiger partial charge is 0.232 e. The van der Waals surface area contributed by atoms with Gasteiger partial charge in [0.15, 0.2) is 0 Å². The molecule has 0 saturated carbocycles. The van der Waals surface area contributed by atoms with Crippen molar-refractivity contribution in [3.05, 3.63) is 0 Å². The second-order valence-electron chi connectivity index (χ2n) is 4.57. The highest BCUT2D eigenvalue weighted by molar-refractivity contribution is 8.00. The third-order valence-corrected chi connectivity index (χ3v) is 4.37. The van der Waals surface area contributed by atoms with Gasteiger partial charge in [-0.3, -0.25) is 4.79 Å². The van der Waals surface area contributed by atoms with Gasteiger partial charge < -0.3 is 10.0 Å². The minimum atomic E-state index is 0.211. The Balaban J connectivity index is 2.28. The molecule has 1 aliphatic rings. The van der Waals surface area contributed by atoms with Crippen LogP contribution in [0.3, 0.4) is 0 Å². The minimum Gasteiger partial charge on any atom is -0.396 e. The van der Waals surface area contributed by atoms with Crippen LogP contribution in [0, 0.1) is 0 Å². The van der Waals surface area contributed by atoms with E-state index in [-0.39, 0.29) is 12.5 Å². The molecule has 0 aliphatic carbocycles. The number of carbonyl (C=O) groups is 1. The molecule has 1 heterocycles. The van der Waals surface area contributed by atoms with Crippen LogP contribution in [0.1, 0.15) is 39.5 Å². The Bertz CT molecular complexity index is 223. The molecule has 1 aliphatic heterocycles. The Kier molecular flexibility index (Phi) is 6.21. The topological polar surface area (TPSA) is 40.5 Å². The Morgan fingerprint density at radius 1 is 1.56 bits per heavy atom. The number of nitrogens with zero attached hydrogens (tertiary/aromatic N) is 1. The van der Waals surface area contributed by atoms with Gasteiger partial charge in [0.1, 0.15) is 0 Å². The minimum absolute atomic E-state index is 0.211. The summed E-state index contributed by atoms with van der Waals surface area (Å²) in [4.78, 5) is 14.0. The first kappa shape index (κ1) is 13.8. The fraction of sp³-hybridized carbons (Fsp3) is 0.917. The Labute approximate surface area is 103 Å². The van der Waals surface area contributed by atoms with Crippen LogP contribution in [0.25, 0.3) is 0 Å². The van der Waals surface area contributed by atoms with E-state index in [1.54, 1.807) is 11.8 Å². The molecule has 1 saturated heterocycles. The fourth-order valence-electron chi connectivity index (χ4n) is 2.03. The number of likely N-dealkylation sites (tertiary alicyclic amines) is 1. The van der Waals surface area contributed by atoms with Crippen LogP contribution in [0.15, 0.2) is 0 Å². The van der Waals surface area contributed by atoms with E-state index in [1.807, 2.05) is 4.90 Å². The molecule has 0 aromatic carbocycles. The molecule has 0 bridgehead atoms. The lowest BCUT2D eigenvalue weighted by Crippen LogP contribution is -2.43.